The molecule has 0 fully saturated rings. The van der Waals surface area contributed by atoms with Crippen LogP contribution in [0.2, 0.25) is 0 Å². The van der Waals surface area contributed by atoms with Crippen LogP contribution in [0.4, 0.5) is 0 Å². The van der Waals surface area contributed by atoms with Crippen molar-refractivity contribution < 1.29 is 14.3 Å². The van der Waals surface area contributed by atoms with E-state index in [2.05, 4.69) is 5.32 Å². The summed E-state index contributed by atoms with van der Waals surface area (Å²) in [5.41, 5.74) is 0.436. The lowest BCUT2D eigenvalue weighted by Crippen LogP contribution is -2.40. The first kappa shape index (κ1) is 15.4. The molecule has 0 aliphatic carbocycles. The minimum Gasteiger partial charge on any atom is -0.493 e. The van der Waals surface area contributed by atoms with Crippen LogP contribution >= 0.6 is 11.3 Å². The molecular weight excluding hydrogens is 286 g/mol. The van der Waals surface area contributed by atoms with Gasteiger partial charge in [0, 0.05) is 0 Å². The van der Waals surface area contributed by atoms with Crippen LogP contribution in [0.25, 0.3) is 0 Å². The van der Waals surface area contributed by atoms with E-state index in [1.54, 1.807) is 14.2 Å². The van der Waals surface area contributed by atoms with Gasteiger partial charge in [0.2, 0.25) is 0 Å². The van der Waals surface area contributed by atoms with Crippen molar-refractivity contribution in [3.05, 3.63) is 46.2 Å². The Bertz CT molecular complexity index is 620. The smallest absolute Gasteiger partial charge is 0.262 e. The predicted octanol–water partition coefficient (Wildman–Crippen LogP) is 3.43. The third-order valence-corrected chi connectivity index (χ3v) is 4.14. The molecule has 1 N–H and O–H groups in total. The molecule has 0 saturated carbocycles. The number of hydrogen-bond acceptors (Lipinski definition) is 4. The topological polar surface area (TPSA) is 47.6 Å². The van der Waals surface area contributed by atoms with Gasteiger partial charge in [-0.3, -0.25) is 4.79 Å². The van der Waals surface area contributed by atoms with Crippen LogP contribution in [0.5, 0.6) is 11.5 Å². The van der Waals surface area contributed by atoms with E-state index >= 15 is 0 Å². The van der Waals surface area contributed by atoms with Crippen molar-refractivity contribution in [1.29, 1.82) is 0 Å². The summed E-state index contributed by atoms with van der Waals surface area (Å²) in [6.45, 7) is 3.92. The van der Waals surface area contributed by atoms with Gasteiger partial charge in [0.1, 0.15) is 0 Å². The fourth-order valence-electron chi connectivity index (χ4n) is 2.05. The molecular formula is C16H19NO3S. The highest BCUT2D eigenvalue weighted by molar-refractivity contribution is 7.12. The van der Waals surface area contributed by atoms with Gasteiger partial charge >= 0.3 is 0 Å². The molecule has 112 valence electrons. The largest absolute Gasteiger partial charge is 0.493 e. The Morgan fingerprint density at radius 2 is 1.86 bits per heavy atom. The molecule has 0 saturated heterocycles. The molecule has 0 radical (unpaired) electrons. The lowest BCUT2D eigenvalue weighted by atomic mass is 9.93. The van der Waals surface area contributed by atoms with E-state index in [-0.39, 0.29) is 5.91 Å². The van der Waals surface area contributed by atoms with E-state index < -0.39 is 5.54 Å². The summed E-state index contributed by atoms with van der Waals surface area (Å²) in [6, 6.07) is 9.32. The maximum Gasteiger partial charge on any atom is 0.262 e. The summed E-state index contributed by atoms with van der Waals surface area (Å²) in [5.74, 6) is 1.24. The molecule has 2 aromatic rings. The molecule has 2 rings (SSSR count). The Morgan fingerprint density at radius 3 is 2.43 bits per heavy atom. The van der Waals surface area contributed by atoms with Crippen LogP contribution in [0.1, 0.15) is 29.1 Å². The summed E-state index contributed by atoms with van der Waals surface area (Å²) in [6.07, 6.45) is 0. The zero-order chi connectivity index (χ0) is 15.5. The molecule has 4 nitrogen and oxygen atoms in total. The lowest BCUT2D eigenvalue weighted by Gasteiger charge is -2.27. The number of rotatable bonds is 5. The zero-order valence-electron chi connectivity index (χ0n) is 12.6. The van der Waals surface area contributed by atoms with E-state index in [1.807, 2.05) is 49.6 Å². The quantitative estimate of drug-likeness (QED) is 0.920. The van der Waals surface area contributed by atoms with Gasteiger partial charge in [-0.1, -0.05) is 12.1 Å². The molecule has 0 spiro atoms. The van der Waals surface area contributed by atoms with Crippen molar-refractivity contribution >= 4 is 17.2 Å². The molecule has 0 unspecified atom stereocenters. The molecule has 1 amide bonds. The van der Waals surface area contributed by atoms with Crippen molar-refractivity contribution in [1.82, 2.24) is 5.32 Å². The van der Waals surface area contributed by atoms with E-state index in [1.165, 1.54) is 11.3 Å². The summed E-state index contributed by atoms with van der Waals surface area (Å²) in [4.78, 5) is 12.9. The highest BCUT2D eigenvalue weighted by Gasteiger charge is 2.25. The van der Waals surface area contributed by atoms with Gasteiger partial charge in [-0.05, 0) is 43.0 Å². The first-order chi connectivity index (χ1) is 9.97. The van der Waals surface area contributed by atoms with Crippen LogP contribution in [0, 0.1) is 0 Å². The first-order valence-corrected chi connectivity index (χ1v) is 7.44. The van der Waals surface area contributed by atoms with Crippen LogP contribution in [-0.4, -0.2) is 20.1 Å². The van der Waals surface area contributed by atoms with Crippen molar-refractivity contribution in [2.24, 2.45) is 0 Å². The minimum atomic E-state index is -0.513. The molecule has 0 atom stereocenters. The van der Waals surface area contributed by atoms with Gasteiger partial charge in [0.05, 0.1) is 24.6 Å². The first-order valence-electron chi connectivity index (χ1n) is 6.56. The highest BCUT2D eigenvalue weighted by Crippen LogP contribution is 2.32. The average molecular weight is 305 g/mol. The number of amides is 1. The number of carbonyl (C=O) groups is 1. The Balaban J connectivity index is 2.24. The Hall–Kier alpha value is -2.01. The molecule has 1 aromatic carbocycles. The number of carbonyl (C=O) groups excluding carboxylic acids is 1. The number of thiophene rings is 1. The molecule has 0 aliphatic rings. The maximum atomic E-state index is 12.2. The van der Waals surface area contributed by atoms with Crippen LogP contribution in [0.15, 0.2) is 35.7 Å². The van der Waals surface area contributed by atoms with Gasteiger partial charge in [0.25, 0.3) is 5.91 Å². The SMILES string of the molecule is COc1ccc(C(C)(C)NC(=O)c2cccs2)cc1OC. The van der Waals surface area contributed by atoms with Gasteiger partial charge in [0.15, 0.2) is 11.5 Å². The second-order valence-corrected chi connectivity index (χ2v) is 6.07. The molecule has 1 aromatic heterocycles. The van der Waals surface area contributed by atoms with Gasteiger partial charge in [-0.2, -0.15) is 0 Å². The second kappa shape index (κ2) is 6.18. The minimum absolute atomic E-state index is 0.0789. The molecule has 5 heteroatoms. The lowest BCUT2D eigenvalue weighted by molar-refractivity contribution is 0.0916. The van der Waals surface area contributed by atoms with E-state index in [4.69, 9.17) is 9.47 Å². The van der Waals surface area contributed by atoms with Crippen molar-refractivity contribution in [2.75, 3.05) is 14.2 Å². The number of benzene rings is 1. The molecule has 21 heavy (non-hydrogen) atoms. The van der Waals surface area contributed by atoms with Gasteiger partial charge in [-0.25, -0.2) is 0 Å². The number of hydrogen-bond donors (Lipinski definition) is 1. The summed E-state index contributed by atoms with van der Waals surface area (Å²) in [5, 5.41) is 4.93. The average Bonchev–Trinajstić information content (AvgIpc) is 3.00. The Labute approximate surface area is 128 Å². The summed E-state index contributed by atoms with van der Waals surface area (Å²) in [7, 11) is 3.19. The summed E-state index contributed by atoms with van der Waals surface area (Å²) < 4.78 is 10.5. The fraction of sp³-hybridized carbons (Fsp3) is 0.312. The Morgan fingerprint density at radius 1 is 1.14 bits per heavy atom. The van der Waals surface area contributed by atoms with Crippen LogP contribution in [0.3, 0.4) is 0 Å². The highest BCUT2D eigenvalue weighted by atomic mass is 32.1. The number of ether oxygens (including phenoxy) is 2. The molecule has 0 aliphatic heterocycles. The van der Waals surface area contributed by atoms with E-state index in [9.17, 15) is 4.79 Å². The maximum absolute atomic E-state index is 12.2. The van der Waals surface area contributed by atoms with Crippen molar-refractivity contribution in [3.8, 4) is 11.5 Å². The monoisotopic (exact) mass is 305 g/mol. The second-order valence-electron chi connectivity index (χ2n) is 5.13. The van der Waals surface area contributed by atoms with Gasteiger partial charge in [-0.15, -0.1) is 11.3 Å². The van der Waals surface area contributed by atoms with Crippen LogP contribution in [-0.2, 0) is 5.54 Å². The standard InChI is InChI=1S/C16H19NO3S/c1-16(2,17-15(18)14-6-5-9-21-14)11-7-8-12(19-3)13(10-11)20-4/h5-10H,1-4H3,(H,17,18). The van der Waals surface area contributed by atoms with E-state index in [0.29, 0.717) is 16.4 Å². The van der Waals surface area contributed by atoms with E-state index in [0.717, 1.165) is 5.56 Å². The third-order valence-electron chi connectivity index (χ3n) is 3.28. The number of nitrogens with one attached hydrogen (secondary N) is 1. The number of methoxy groups -OCH3 is 2. The molecule has 0 bridgehead atoms. The van der Waals surface area contributed by atoms with Crippen molar-refractivity contribution in [3.63, 3.8) is 0 Å². The normalized spacial score (nSPS) is 11.0. The van der Waals surface area contributed by atoms with Crippen molar-refractivity contribution in [2.45, 2.75) is 19.4 Å². The third kappa shape index (κ3) is 3.36. The van der Waals surface area contributed by atoms with Crippen LogP contribution < -0.4 is 14.8 Å². The zero-order valence-corrected chi connectivity index (χ0v) is 13.4. The fourth-order valence-corrected chi connectivity index (χ4v) is 2.67. The molecule has 1 heterocycles. The predicted molar refractivity (Wildman–Crippen MR) is 84.4 cm³/mol. The summed E-state index contributed by atoms with van der Waals surface area (Å²) >= 11 is 1.42. The Kier molecular flexibility index (Phi) is 4.53. The van der Waals surface area contributed by atoms with Gasteiger partial charge < -0.3 is 14.8 Å².